The number of hydrogen-bond donors (Lipinski definition) is 2. The topological polar surface area (TPSA) is 32.3 Å². The average Bonchev–Trinajstić information content (AvgIpc) is 1.35. The summed E-state index contributed by atoms with van der Waals surface area (Å²) in [4.78, 5) is 0. The second kappa shape index (κ2) is 6.92. The Kier molecular flexibility index (Phi) is 10.7. The van der Waals surface area contributed by atoms with Crippen LogP contribution in [0.3, 0.4) is 0 Å². The van der Waals surface area contributed by atoms with Crippen molar-refractivity contribution in [3.8, 4) is 0 Å². The predicted octanol–water partition coefficient (Wildman–Crippen LogP) is -0.714. The van der Waals surface area contributed by atoms with Gasteiger partial charge in [0, 0.05) is 0 Å². The molecular formula is C4H12NNaO. The zero-order valence-corrected chi connectivity index (χ0v) is 4.23. The van der Waals surface area contributed by atoms with E-state index in [1.807, 2.05) is 6.92 Å². The van der Waals surface area contributed by atoms with E-state index >= 15 is 0 Å². The van der Waals surface area contributed by atoms with Gasteiger partial charge in [0.1, 0.15) is 6.23 Å². The van der Waals surface area contributed by atoms with Crippen LogP contribution in [0.25, 0.3) is 0 Å². The summed E-state index contributed by atoms with van der Waals surface area (Å²) in [5.41, 5.74) is 0. The Hall–Kier alpha value is 0.920. The van der Waals surface area contributed by atoms with Crippen LogP contribution in [0.15, 0.2) is 0 Å². The van der Waals surface area contributed by atoms with Crippen LogP contribution in [0, 0.1) is 0 Å². The molecule has 2 N–H and O–H groups in total. The third-order valence-electron chi connectivity index (χ3n) is 0.500. The van der Waals surface area contributed by atoms with Crippen LogP contribution in [-0.4, -0.2) is 47.4 Å². The van der Waals surface area contributed by atoms with Gasteiger partial charge >= 0.3 is 29.6 Å². The molecule has 7 heavy (non-hydrogen) atoms. The Morgan fingerprint density at radius 2 is 2.14 bits per heavy atom. The molecule has 0 aromatic rings. The van der Waals surface area contributed by atoms with Crippen LogP contribution < -0.4 is 5.32 Å². The first-order valence-corrected chi connectivity index (χ1v) is 2.18. The fourth-order valence-corrected chi connectivity index (χ4v) is 0.295. The van der Waals surface area contributed by atoms with Crippen molar-refractivity contribution in [3.05, 3.63) is 0 Å². The molecule has 0 aliphatic rings. The second-order valence-electron chi connectivity index (χ2n) is 1.23. The van der Waals surface area contributed by atoms with Crippen molar-refractivity contribution in [1.82, 2.24) is 5.32 Å². The second-order valence-corrected chi connectivity index (χ2v) is 1.23. The van der Waals surface area contributed by atoms with E-state index in [0.717, 1.165) is 6.54 Å². The summed E-state index contributed by atoms with van der Waals surface area (Å²) in [5, 5.41) is 11.2. The van der Waals surface area contributed by atoms with Crippen molar-refractivity contribution in [2.75, 3.05) is 6.54 Å². The molecule has 0 aromatic heterocycles. The van der Waals surface area contributed by atoms with Crippen LogP contribution in [-0.2, 0) is 0 Å². The normalized spacial score (nSPS) is 12.4. The summed E-state index contributed by atoms with van der Waals surface area (Å²) in [6, 6.07) is 0. The Bertz CT molecular complexity index is 32.9. The molecule has 0 saturated carbocycles. The van der Waals surface area contributed by atoms with Crippen molar-refractivity contribution in [3.63, 3.8) is 0 Å². The molecule has 0 heterocycles. The van der Waals surface area contributed by atoms with Crippen molar-refractivity contribution < 1.29 is 5.11 Å². The van der Waals surface area contributed by atoms with Gasteiger partial charge in [-0.05, 0) is 13.5 Å². The van der Waals surface area contributed by atoms with E-state index in [2.05, 4.69) is 5.32 Å². The van der Waals surface area contributed by atoms with Crippen LogP contribution in [0.4, 0.5) is 0 Å². The van der Waals surface area contributed by atoms with Gasteiger partial charge in [0.25, 0.3) is 0 Å². The summed E-state index contributed by atoms with van der Waals surface area (Å²) in [7, 11) is 0. The zero-order chi connectivity index (χ0) is 4.99. The van der Waals surface area contributed by atoms with E-state index < -0.39 is 0 Å². The van der Waals surface area contributed by atoms with Crippen LogP contribution in [0.5, 0.6) is 0 Å². The van der Waals surface area contributed by atoms with Crippen LogP contribution in [0.2, 0.25) is 0 Å². The summed E-state index contributed by atoms with van der Waals surface area (Å²) in [5.74, 6) is 0. The van der Waals surface area contributed by atoms with E-state index in [4.69, 9.17) is 5.11 Å². The monoisotopic (exact) mass is 113 g/mol. The molecule has 3 heteroatoms. The zero-order valence-electron chi connectivity index (χ0n) is 4.23. The Morgan fingerprint density at radius 3 is 2.14 bits per heavy atom. The first-order chi connectivity index (χ1) is 2.77. The maximum absolute atomic E-state index is 8.44. The third-order valence-corrected chi connectivity index (χ3v) is 0.500. The molecule has 1 atom stereocenters. The summed E-state index contributed by atoms with van der Waals surface area (Å²) in [6.07, 6.45) is -0.352. The number of aliphatic hydroxyl groups is 1. The predicted molar refractivity (Wildman–Crippen MR) is 32.5 cm³/mol. The summed E-state index contributed by atoms with van der Waals surface area (Å²) in [6.45, 7) is 4.48. The van der Waals surface area contributed by atoms with Crippen molar-refractivity contribution in [2.45, 2.75) is 20.1 Å². The van der Waals surface area contributed by atoms with E-state index in [1.54, 1.807) is 6.92 Å². The SMILES string of the molecule is CCNC(C)O.[NaH]. The molecular weight excluding hydrogens is 101 g/mol. The molecule has 0 spiro atoms. The molecule has 0 bridgehead atoms. The van der Waals surface area contributed by atoms with Crippen LogP contribution >= 0.6 is 0 Å². The summed E-state index contributed by atoms with van der Waals surface area (Å²) >= 11 is 0. The van der Waals surface area contributed by atoms with E-state index in [0.29, 0.717) is 0 Å². The number of nitrogens with one attached hydrogen (secondary N) is 1. The van der Waals surface area contributed by atoms with Crippen LogP contribution in [0.1, 0.15) is 13.8 Å². The minimum atomic E-state index is -0.352. The van der Waals surface area contributed by atoms with Gasteiger partial charge in [0.05, 0.1) is 0 Å². The van der Waals surface area contributed by atoms with Gasteiger partial charge in [-0.1, -0.05) is 6.92 Å². The minimum absolute atomic E-state index is 0. The average molecular weight is 113 g/mol. The first kappa shape index (κ1) is 10.8. The van der Waals surface area contributed by atoms with Gasteiger partial charge in [-0.2, -0.15) is 0 Å². The van der Waals surface area contributed by atoms with E-state index in [1.165, 1.54) is 0 Å². The Morgan fingerprint density at radius 1 is 1.71 bits per heavy atom. The molecule has 2 nitrogen and oxygen atoms in total. The molecule has 0 radical (unpaired) electrons. The molecule has 1 unspecified atom stereocenters. The molecule has 0 fully saturated rings. The molecule has 0 aliphatic heterocycles. The first-order valence-electron chi connectivity index (χ1n) is 2.18. The van der Waals surface area contributed by atoms with Crippen molar-refractivity contribution >= 4 is 29.6 Å². The van der Waals surface area contributed by atoms with E-state index in [9.17, 15) is 0 Å². The third kappa shape index (κ3) is 10.9. The van der Waals surface area contributed by atoms with Crippen molar-refractivity contribution in [2.24, 2.45) is 0 Å². The number of aliphatic hydroxyl groups excluding tert-OH is 1. The van der Waals surface area contributed by atoms with Gasteiger partial charge in [-0.15, -0.1) is 0 Å². The summed E-state index contributed by atoms with van der Waals surface area (Å²) < 4.78 is 0. The van der Waals surface area contributed by atoms with Gasteiger partial charge in [-0.25, -0.2) is 0 Å². The van der Waals surface area contributed by atoms with E-state index in [-0.39, 0.29) is 35.8 Å². The molecule has 0 aromatic carbocycles. The Balaban J connectivity index is 0. The number of rotatable bonds is 2. The Labute approximate surface area is 66.6 Å². The molecule has 0 rings (SSSR count). The maximum atomic E-state index is 8.44. The quantitative estimate of drug-likeness (QED) is 0.366. The number of hydrogen-bond acceptors (Lipinski definition) is 2. The van der Waals surface area contributed by atoms with Gasteiger partial charge in [0.2, 0.25) is 0 Å². The molecule has 0 aliphatic carbocycles. The van der Waals surface area contributed by atoms with Gasteiger partial charge in [0.15, 0.2) is 0 Å². The molecule has 0 amide bonds. The standard InChI is InChI=1S/C4H11NO.Na.H/c1-3-5-4(2)6;;/h4-6H,3H2,1-2H3;;. The fourth-order valence-electron chi connectivity index (χ4n) is 0.295. The van der Waals surface area contributed by atoms with Gasteiger partial charge in [-0.3, -0.25) is 5.32 Å². The molecule has 0 saturated heterocycles. The van der Waals surface area contributed by atoms with Gasteiger partial charge < -0.3 is 5.11 Å². The van der Waals surface area contributed by atoms with Crippen molar-refractivity contribution in [1.29, 1.82) is 0 Å². The molecule has 40 valence electrons. The fraction of sp³-hybridized carbons (Fsp3) is 1.00.